The summed E-state index contributed by atoms with van der Waals surface area (Å²) in [6.45, 7) is 0. The number of esters is 1. The van der Waals surface area contributed by atoms with Crippen molar-refractivity contribution in [3.63, 3.8) is 0 Å². The number of hydrazine groups is 1. The minimum absolute atomic E-state index is 0.277. The molecule has 2 aromatic rings. The summed E-state index contributed by atoms with van der Waals surface area (Å²) in [7, 11) is 1.28. The molecule has 0 unspecified atom stereocenters. The SMILES string of the molecule is COC(=O)c1ccc(-c2cc(Cl)ccc2Cl)cc1NNC=O. The smallest absolute Gasteiger partial charge is 0.340 e. The lowest BCUT2D eigenvalue weighted by molar-refractivity contribution is -0.109. The van der Waals surface area contributed by atoms with Crippen LogP contribution in [-0.2, 0) is 9.53 Å². The van der Waals surface area contributed by atoms with Crippen LogP contribution in [0, 0.1) is 0 Å². The summed E-state index contributed by atoms with van der Waals surface area (Å²) in [4.78, 5) is 22.2. The Hall–Kier alpha value is -2.24. The molecule has 0 radical (unpaired) electrons. The molecule has 5 nitrogen and oxygen atoms in total. The van der Waals surface area contributed by atoms with Gasteiger partial charge < -0.3 is 4.74 Å². The lowest BCUT2D eigenvalue weighted by atomic mass is 10.0. The quantitative estimate of drug-likeness (QED) is 0.497. The zero-order valence-corrected chi connectivity index (χ0v) is 13.0. The number of hydrogen-bond acceptors (Lipinski definition) is 4. The average Bonchev–Trinajstić information content (AvgIpc) is 2.54. The highest BCUT2D eigenvalue weighted by molar-refractivity contribution is 6.35. The van der Waals surface area contributed by atoms with Gasteiger partial charge in [0.2, 0.25) is 6.41 Å². The van der Waals surface area contributed by atoms with Crippen LogP contribution in [0.3, 0.4) is 0 Å². The standard InChI is InChI=1S/C15H12Cl2N2O3/c1-22-15(21)11-4-2-9(6-14(11)19-18-8-20)12-7-10(16)3-5-13(12)17/h2-8,19H,1H3,(H,18,20). The maximum Gasteiger partial charge on any atom is 0.340 e. The molecule has 0 aromatic heterocycles. The number of nitrogens with one attached hydrogen (secondary N) is 2. The van der Waals surface area contributed by atoms with E-state index in [9.17, 15) is 9.59 Å². The molecule has 0 saturated carbocycles. The normalized spacial score (nSPS) is 9.95. The van der Waals surface area contributed by atoms with Crippen LogP contribution in [0.25, 0.3) is 11.1 Å². The minimum atomic E-state index is -0.529. The molecule has 0 atom stereocenters. The molecule has 7 heteroatoms. The Labute approximate surface area is 137 Å². The zero-order valence-electron chi connectivity index (χ0n) is 11.5. The largest absolute Gasteiger partial charge is 0.465 e. The van der Waals surface area contributed by atoms with E-state index in [1.807, 2.05) is 0 Å². The van der Waals surface area contributed by atoms with Crippen molar-refractivity contribution in [1.82, 2.24) is 5.43 Å². The molecule has 2 rings (SSSR count). The van der Waals surface area contributed by atoms with Crippen molar-refractivity contribution in [3.05, 3.63) is 52.0 Å². The van der Waals surface area contributed by atoms with Crippen molar-refractivity contribution in [2.24, 2.45) is 0 Å². The molecule has 0 aliphatic carbocycles. The second-order valence-corrected chi connectivity index (χ2v) is 5.11. The van der Waals surface area contributed by atoms with Gasteiger partial charge in [0.25, 0.3) is 0 Å². The molecule has 22 heavy (non-hydrogen) atoms. The topological polar surface area (TPSA) is 67.4 Å². The lowest BCUT2D eigenvalue weighted by Gasteiger charge is -2.12. The van der Waals surface area contributed by atoms with Gasteiger partial charge in [0, 0.05) is 15.6 Å². The van der Waals surface area contributed by atoms with Gasteiger partial charge in [0.05, 0.1) is 18.4 Å². The molecular weight excluding hydrogens is 327 g/mol. The van der Waals surface area contributed by atoms with Crippen molar-refractivity contribution in [1.29, 1.82) is 0 Å². The number of amides is 1. The number of hydrogen-bond donors (Lipinski definition) is 2. The second-order valence-electron chi connectivity index (χ2n) is 4.26. The summed E-state index contributed by atoms with van der Waals surface area (Å²) in [5.41, 5.74) is 7.02. The van der Waals surface area contributed by atoms with Gasteiger partial charge in [-0.05, 0) is 35.9 Å². The Kier molecular flexibility index (Phi) is 5.25. The molecule has 0 saturated heterocycles. The first kappa shape index (κ1) is 16.1. The summed E-state index contributed by atoms with van der Waals surface area (Å²) >= 11 is 12.2. The van der Waals surface area contributed by atoms with E-state index in [1.54, 1.807) is 36.4 Å². The predicted octanol–water partition coefficient (Wildman–Crippen LogP) is 3.52. The molecule has 114 valence electrons. The third kappa shape index (κ3) is 3.50. The van der Waals surface area contributed by atoms with Crippen molar-refractivity contribution in [2.75, 3.05) is 12.5 Å². The first-order valence-electron chi connectivity index (χ1n) is 6.19. The fourth-order valence-corrected chi connectivity index (χ4v) is 2.33. The molecule has 0 aliphatic heterocycles. The van der Waals surface area contributed by atoms with Crippen molar-refractivity contribution >= 4 is 41.3 Å². The number of methoxy groups -OCH3 is 1. The van der Waals surface area contributed by atoms with Crippen molar-refractivity contribution in [2.45, 2.75) is 0 Å². The van der Waals surface area contributed by atoms with E-state index in [1.165, 1.54) is 7.11 Å². The van der Waals surface area contributed by atoms with Gasteiger partial charge in [-0.25, -0.2) is 4.79 Å². The summed E-state index contributed by atoms with van der Waals surface area (Å²) < 4.78 is 4.70. The fraction of sp³-hybridized carbons (Fsp3) is 0.0667. The molecule has 0 fully saturated rings. The van der Waals surface area contributed by atoms with E-state index in [0.717, 1.165) is 5.56 Å². The van der Waals surface area contributed by atoms with Gasteiger partial charge in [0.1, 0.15) is 0 Å². The molecule has 0 heterocycles. The van der Waals surface area contributed by atoms with Gasteiger partial charge in [0.15, 0.2) is 0 Å². The molecular formula is C15H12Cl2N2O3. The van der Waals surface area contributed by atoms with E-state index >= 15 is 0 Å². The summed E-state index contributed by atoms with van der Waals surface area (Å²) in [6, 6.07) is 10.0. The van der Waals surface area contributed by atoms with Crippen molar-refractivity contribution < 1.29 is 14.3 Å². The molecule has 0 bridgehead atoms. The summed E-state index contributed by atoms with van der Waals surface area (Å²) in [5, 5.41) is 1.06. The number of ether oxygens (including phenoxy) is 1. The van der Waals surface area contributed by atoms with Crippen LogP contribution in [0.1, 0.15) is 10.4 Å². The Balaban J connectivity index is 2.52. The van der Waals surface area contributed by atoms with E-state index in [4.69, 9.17) is 27.9 Å². The number of anilines is 1. The molecule has 2 N–H and O–H groups in total. The maximum atomic E-state index is 11.7. The Bertz CT molecular complexity index is 720. The predicted molar refractivity (Wildman–Crippen MR) is 86.1 cm³/mol. The number of benzene rings is 2. The third-order valence-electron chi connectivity index (χ3n) is 2.93. The highest BCUT2D eigenvalue weighted by Crippen LogP contribution is 2.33. The van der Waals surface area contributed by atoms with Crippen LogP contribution in [0.2, 0.25) is 10.0 Å². The number of carbonyl (C=O) groups is 2. The van der Waals surface area contributed by atoms with Crippen LogP contribution in [0.15, 0.2) is 36.4 Å². The van der Waals surface area contributed by atoms with Gasteiger partial charge in [-0.1, -0.05) is 29.3 Å². The monoisotopic (exact) mass is 338 g/mol. The van der Waals surface area contributed by atoms with Gasteiger partial charge in [-0.15, -0.1) is 0 Å². The van der Waals surface area contributed by atoms with E-state index in [2.05, 4.69) is 10.9 Å². The van der Waals surface area contributed by atoms with Gasteiger partial charge >= 0.3 is 5.97 Å². The fourth-order valence-electron chi connectivity index (χ4n) is 1.93. The molecule has 0 aliphatic rings. The highest BCUT2D eigenvalue weighted by Gasteiger charge is 2.14. The van der Waals surface area contributed by atoms with E-state index in [-0.39, 0.29) is 5.56 Å². The van der Waals surface area contributed by atoms with Crippen LogP contribution < -0.4 is 10.9 Å². The lowest BCUT2D eigenvalue weighted by Crippen LogP contribution is -2.21. The van der Waals surface area contributed by atoms with Crippen molar-refractivity contribution in [3.8, 4) is 11.1 Å². The van der Waals surface area contributed by atoms with Crippen LogP contribution >= 0.6 is 23.2 Å². The molecule has 2 aromatic carbocycles. The first-order valence-corrected chi connectivity index (χ1v) is 6.95. The summed E-state index contributed by atoms with van der Waals surface area (Å²) in [6.07, 6.45) is 0.458. The number of rotatable bonds is 5. The summed E-state index contributed by atoms with van der Waals surface area (Å²) in [5.74, 6) is -0.529. The Morgan fingerprint density at radius 3 is 2.64 bits per heavy atom. The van der Waals surface area contributed by atoms with E-state index in [0.29, 0.717) is 27.7 Å². The van der Waals surface area contributed by atoms with Gasteiger partial charge in [-0.3, -0.25) is 15.6 Å². The highest BCUT2D eigenvalue weighted by atomic mass is 35.5. The molecule has 0 spiro atoms. The Morgan fingerprint density at radius 2 is 1.95 bits per heavy atom. The van der Waals surface area contributed by atoms with E-state index < -0.39 is 5.97 Å². The maximum absolute atomic E-state index is 11.7. The average molecular weight is 339 g/mol. The molecule has 1 amide bonds. The minimum Gasteiger partial charge on any atom is -0.465 e. The first-order chi connectivity index (χ1) is 10.6. The van der Waals surface area contributed by atoms with Crippen LogP contribution in [0.5, 0.6) is 0 Å². The second kappa shape index (κ2) is 7.15. The third-order valence-corrected chi connectivity index (χ3v) is 3.49. The number of halogens is 2. The van der Waals surface area contributed by atoms with Crippen LogP contribution in [-0.4, -0.2) is 19.5 Å². The zero-order chi connectivity index (χ0) is 16.1. The Morgan fingerprint density at radius 1 is 1.18 bits per heavy atom. The number of carbonyl (C=O) groups excluding carboxylic acids is 2. The van der Waals surface area contributed by atoms with Crippen LogP contribution in [0.4, 0.5) is 5.69 Å². The van der Waals surface area contributed by atoms with Gasteiger partial charge in [-0.2, -0.15) is 0 Å².